The molecule has 0 spiro atoms. The first-order valence-electron chi connectivity index (χ1n) is 8.32. The monoisotopic (exact) mass is 366 g/mol. The summed E-state index contributed by atoms with van der Waals surface area (Å²) in [6.07, 6.45) is 0.144. The summed E-state index contributed by atoms with van der Waals surface area (Å²) >= 11 is 1.17. The molecular weight excluding hydrogens is 336 g/mol. The molecule has 0 saturated carbocycles. The number of carbonyl (C=O) groups excluding carboxylic acids is 2. The highest BCUT2D eigenvalue weighted by Gasteiger charge is 2.25. The molecule has 0 amide bonds. The van der Waals surface area contributed by atoms with Gasteiger partial charge in [-0.15, -0.1) is 11.8 Å². The van der Waals surface area contributed by atoms with Gasteiger partial charge in [-0.1, -0.05) is 6.92 Å². The Balaban J connectivity index is 4.09. The highest BCUT2D eigenvalue weighted by molar-refractivity contribution is 8.00. The number of aliphatic hydroxyl groups excluding tert-OH is 1. The van der Waals surface area contributed by atoms with Crippen LogP contribution in [0.4, 0.5) is 0 Å². The second kappa shape index (κ2) is 15.7. The van der Waals surface area contributed by atoms with Gasteiger partial charge in [0.1, 0.15) is 5.25 Å². The van der Waals surface area contributed by atoms with Crippen molar-refractivity contribution in [2.75, 3.05) is 45.4 Å². The van der Waals surface area contributed by atoms with Crippen molar-refractivity contribution in [2.45, 2.75) is 45.0 Å². The van der Waals surface area contributed by atoms with E-state index in [2.05, 4.69) is 0 Å². The molecule has 0 heterocycles. The molecule has 0 aliphatic carbocycles. The van der Waals surface area contributed by atoms with Crippen molar-refractivity contribution < 1.29 is 33.6 Å². The molecule has 0 aromatic heterocycles. The van der Waals surface area contributed by atoms with Crippen LogP contribution < -0.4 is 0 Å². The van der Waals surface area contributed by atoms with Crippen LogP contribution in [0.2, 0.25) is 0 Å². The standard InChI is InChI=1S/C16H30O7S/c1-4-7-20-8-9-21-11-13(17)12-24-14(16(19)23-6-3)10-15(18)22-5-2/h13-14,17H,4-12H2,1-3H3. The number of rotatable bonds is 15. The SMILES string of the molecule is CCCOCCOCC(O)CSC(CC(=O)OCC)C(=O)OCC. The van der Waals surface area contributed by atoms with Crippen molar-refractivity contribution in [1.29, 1.82) is 0 Å². The van der Waals surface area contributed by atoms with Crippen LogP contribution in [-0.2, 0) is 28.5 Å². The van der Waals surface area contributed by atoms with Crippen LogP contribution in [0, 0.1) is 0 Å². The van der Waals surface area contributed by atoms with Crippen LogP contribution in [0.3, 0.4) is 0 Å². The summed E-state index contributed by atoms with van der Waals surface area (Å²) < 4.78 is 20.4. The van der Waals surface area contributed by atoms with Crippen molar-refractivity contribution in [3.05, 3.63) is 0 Å². The molecule has 1 N–H and O–H groups in total. The Hall–Kier alpha value is -0.830. The van der Waals surface area contributed by atoms with Crippen molar-refractivity contribution in [3.63, 3.8) is 0 Å². The van der Waals surface area contributed by atoms with E-state index in [1.165, 1.54) is 11.8 Å². The molecule has 0 saturated heterocycles. The molecule has 142 valence electrons. The highest BCUT2D eigenvalue weighted by Crippen LogP contribution is 2.18. The summed E-state index contributed by atoms with van der Waals surface area (Å²) in [6.45, 7) is 7.67. The first-order chi connectivity index (χ1) is 11.5. The summed E-state index contributed by atoms with van der Waals surface area (Å²) in [4.78, 5) is 23.4. The molecule has 8 heteroatoms. The third-order valence-corrected chi connectivity index (χ3v) is 4.07. The van der Waals surface area contributed by atoms with Gasteiger partial charge in [-0.3, -0.25) is 9.59 Å². The third kappa shape index (κ3) is 12.6. The average Bonchev–Trinajstić information content (AvgIpc) is 2.55. The minimum atomic E-state index is -0.736. The lowest BCUT2D eigenvalue weighted by atomic mass is 10.3. The second-order valence-electron chi connectivity index (χ2n) is 4.92. The Bertz CT molecular complexity index is 338. The molecule has 0 aliphatic rings. The molecular formula is C16H30O7S. The molecule has 24 heavy (non-hydrogen) atoms. The fourth-order valence-electron chi connectivity index (χ4n) is 1.68. The van der Waals surface area contributed by atoms with E-state index in [0.29, 0.717) is 19.8 Å². The Morgan fingerprint density at radius 1 is 1.00 bits per heavy atom. The largest absolute Gasteiger partial charge is 0.466 e. The van der Waals surface area contributed by atoms with Gasteiger partial charge in [0.2, 0.25) is 0 Å². The fraction of sp³-hybridized carbons (Fsp3) is 0.875. The molecule has 0 radical (unpaired) electrons. The van der Waals surface area contributed by atoms with Gasteiger partial charge in [0.05, 0.1) is 45.6 Å². The zero-order valence-electron chi connectivity index (χ0n) is 14.8. The van der Waals surface area contributed by atoms with E-state index in [1.54, 1.807) is 13.8 Å². The summed E-state index contributed by atoms with van der Waals surface area (Å²) in [5, 5.41) is 9.21. The van der Waals surface area contributed by atoms with Crippen LogP contribution in [-0.4, -0.2) is 73.8 Å². The topological polar surface area (TPSA) is 91.3 Å². The summed E-state index contributed by atoms with van der Waals surface area (Å²) in [5.74, 6) is -0.669. The average molecular weight is 366 g/mol. The van der Waals surface area contributed by atoms with Gasteiger partial charge in [0, 0.05) is 12.4 Å². The lowest BCUT2D eigenvalue weighted by molar-refractivity contribution is -0.149. The second-order valence-corrected chi connectivity index (χ2v) is 6.16. The number of aliphatic hydroxyl groups is 1. The Morgan fingerprint density at radius 3 is 2.29 bits per heavy atom. The highest BCUT2D eigenvalue weighted by atomic mass is 32.2. The molecule has 2 atom stereocenters. The zero-order valence-corrected chi connectivity index (χ0v) is 15.6. The zero-order chi connectivity index (χ0) is 18.2. The maximum Gasteiger partial charge on any atom is 0.319 e. The van der Waals surface area contributed by atoms with E-state index < -0.39 is 23.3 Å². The van der Waals surface area contributed by atoms with Crippen LogP contribution in [0.5, 0.6) is 0 Å². The van der Waals surface area contributed by atoms with Gasteiger partial charge in [-0.05, 0) is 20.3 Å². The van der Waals surface area contributed by atoms with Gasteiger partial charge < -0.3 is 24.1 Å². The van der Waals surface area contributed by atoms with Crippen molar-refractivity contribution in [3.8, 4) is 0 Å². The molecule has 7 nitrogen and oxygen atoms in total. The predicted molar refractivity (Wildman–Crippen MR) is 92.1 cm³/mol. The van der Waals surface area contributed by atoms with E-state index in [-0.39, 0.29) is 32.0 Å². The minimum Gasteiger partial charge on any atom is -0.466 e. The van der Waals surface area contributed by atoms with Gasteiger partial charge in [-0.2, -0.15) is 0 Å². The third-order valence-electron chi connectivity index (χ3n) is 2.73. The smallest absolute Gasteiger partial charge is 0.319 e. The number of ether oxygens (including phenoxy) is 4. The van der Waals surface area contributed by atoms with E-state index in [4.69, 9.17) is 18.9 Å². The number of thioether (sulfide) groups is 1. The maximum atomic E-state index is 11.9. The first-order valence-corrected chi connectivity index (χ1v) is 9.37. The predicted octanol–water partition coefficient (Wildman–Crippen LogP) is 1.41. The molecule has 0 fully saturated rings. The van der Waals surface area contributed by atoms with Gasteiger partial charge in [0.25, 0.3) is 0 Å². The lowest BCUT2D eigenvalue weighted by Gasteiger charge is -2.17. The molecule has 0 aliphatic heterocycles. The van der Waals surface area contributed by atoms with Crippen LogP contribution in [0.15, 0.2) is 0 Å². The van der Waals surface area contributed by atoms with Gasteiger partial charge in [0.15, 0.2) is 0 Å². The number of hydrogen-bond acceptors (Lipinski definition) is 8. The van der Waals surface area contributed by atoms with E-state index in [9.17, 15) is 14.7 Å². The number of esters is 2. The molecule has 0 aromatic rings. The Labute approximate surface area is 148 Å². The van der Waals surface area contributed by atoms with Crippen molar-refractivity contribution >= 4 is 23.7 Å². The van der Waals surface area contributed by atoms with Crippen molar-refractivity contribution in [1.82, 2.24) is 0 Å². The van der Waals surface area contributed by atoms with E-state index in [1.807, 2.05) is 6.92 Å². The van der Waals surface area contributed by atoms with Crippen LogP contribution in [0.25, 0.3) is 0 Å². The van der Waals surface area contributed by atoms with Crippen LogP contribution >= 0.6 is 11.8 Å². The van der Waals surface area contributed by atoms with Gasteiger partial charge >= 0.3 is 11.9 Å². The number of hydrogen-bond donors (Lipinski definition) is 1. The Morgan fingerprint density at radius 2 is 1.67 bits per heavy atom. The Kier molecular flexibility index (Phi) is 15.1. The molecule has 2 unspecified atom stereocenters. The molecule has 0 rings (SSSR count). The van der Waals surface area contributed by atoms with E-state index >= 15 is 0 Å². The normalized spacial score (nSPS) is 13.3. The summed E-state index contributed by atoms with van der Waals surface area (Å²) in [7, 11) is 0. The fourth-order valence-corrected chi connectivity index (χ4v) is 2.68. The first kappa shape index (κ1) is 23.2. The maximum absolute atomic E-state index is 11.9. The van der Waals surface area contributed by atoms with E-state index in [0.717, 1.165) is 6.42 Å². The molecule has 0 aromatic carbocycles. The summed E-state index contributed by atoms with van der Waals surface area (Å²) in [5.41, 5.74) is 0. The van der Waals surface area contributed by atoms with Crippen molar-refractivity contribution in [2.24, 2.45) is 0 Å². The quantitative estimate of drug-likeness (QED) is 0.344. The van der Waals surface area contributed by atoms with Gasteiger partial charge in [-0.25, -0.2) is 0 Å². The minimum absolute atomic E-state index is 0.0736. The van der Waals surface area contributed by atoms with Crippen LogP contribution in [0.1, 0.15) is 33.6 Å². The number of carbonyl (C=O) groups is 2. The molecule has 0 bridgehead atoms. The lowest BCUT2D eigenvalue weighted by Crippen LogP contribution is -2.28. The summed E-state index contributed by atoms with van der Waals surface area (Å²) in [6, 6.07) is 0.